The number of nitrogens with one attached hydrogen (secondary N) is 1. The van der Waals surface area contributed by atoms with E-state index >= 15 is 0 Å². The first-order chi connectivity index (χ1) is 14.1. The molecule has 0 aliphatic rings. The Hall–Kier alpha value is -3.55. The lowest BCUT2D eigenvalue weighted by Crippen LogP contribution is -2.12. The van der Waals surface area contributed by atoms with Crippen molar-refractivity contribution in [1.29, 1.82) is 0 Å². The third kappa shape index (κ3) is 5.04. The molecule has 0 fully saturated rings. The number of benzene rings is 2. The largest absolute Gasteiger partial charge is 0.497 e. The van der Waals surface area contributed by atoms with E-state index in [2.05, 4.69) is 22.4 Å². The summed E-state index contributed by atoms with van der Waals surface area (Å²) >= 11 is 0. The first-order valence-electron chi connectivity index (χ1n) is 9.24. The summed E-state index contributed by atoms with van der Waals surface area (Å²) in [5, 5.41) is 10.5. The molecule has 0 saturated carbocycles. The summed E-state index contributed by atoms with van der Waals surface area (Å²) in [7, 11) is 3.10. The molecular formula is C21H23N3O5. The zero-order valence-corrected chi connectivity index (χ0v) is 16.6. The third-order valence-corrected chi connectivity index (χ3v) is 4.17. The molecule has 1 heterocycles. The van der Waals surface area contributed by atoms with Crippen molar-refractivity contribution >= 4 is 11.9 Å². The molecule has 8 heteroatoms. The molecule has 0 aliphatic carbocycles. The molecule has 0 saturated heterocycles. The van der Waals surface area contributed by atoms with Crippen molar-refractivity contribution < 1.29 is 23.4 Å². The molecule has 1 aromatic heterocycles. The normalized spacial score (nSPS) is 10.4. The molecule has 1 N–H and O–H groups in total. The summed E-state index contributed by atoms with van der Waals surface area (Å²) in [4.78, 5) is 12.4. The molecule has 0 aliphatic heterocycles. The predicted octanol–water partition coefficient (Wildman–Crippen LogP) is 4.19. The van der Waals surface area contributed by atoms with Crippen molar-refractivity contribution in [3.05, 3.63) is 48.0 Å². The lowest BCUT2D eigenvalue weighted by Gasteiger charge is -2.07. The average molecular weight is 397 g/mol. The molecule has 0 unspecified atom stereocenters. The van der Waals surface area contributed by atoms with Gasteiger partial charge in [0.15, 0.2) is 0 Å². The highest BCUT2D eigenvalue weighted by atomic mass is 16.5. The SMILES string of the molecule is CCCCOc1ccc(C(=O)Nc2nnc(-c3cc(OC)ccc3OC)o2)cc1. The van der Waals surface area contributed by atoms with Crippen molar-refractivity contribution in [2.75, 3.05) is 26.1 Å². The van der Waals surface area contributed by atoms with Crippen molar-refractivity contribution in [3.63, 3.8) is 0 Å². The van der Waals surface area contributed by atoms with E-state index in [-0.39, 0.29) is 17.8 Å². The van der Waals surface area contributed by atoms with Crippen molar-refractivity contribution in [2.24, 2.45) is 0 Å². The molecule has 8 nitrogen and oxygen atoms in total. The topological polar surface area (TPSA) is 95.7 Å². The van der Waals surface area contributed by atoms with Crippen molar-refractivity contribution in [2.45, 2.75) is 19.8 Å². The summed E-state index contributed by atoms with van der Waals surface area (Å²) in [6.45, 7) is 2.75. The minimum Gasteiger partial charge on any atom is -0.497 e. The van der Waals surface area contributed by atoms with Gasteiger partial charge in [0.2, 0.25) is 0 Å². The second kappa shape index (κ2) is 9.59. The molecule has 0 spiro atoms. The maximum Gasteiger partial charge on any atom is 0.322 e. The van der Waals surface area contributed by atoms with E-state index in [4.69, 9.17) is 18.6 Å². The van der Waals surface area contributed by atoms with Crippen LogP contribution in [-0.4, -0.2) is 36.9 Å². The van der Waals surface area contributed by atoms with Crippen LogP contribution in [0.25, 0.3) is 11.5 Å². The second-order valence-electron chi connectivity index (χ2n) is 6.16. The minimum absolute atomic E-state index is 0.0156. The Balaban J connectivity index is 1.69. The van der Waals surface area contributed by atoms with Gasteiger partial charge in [-0.1, -0.05) is 18.4 Å². The Morgan fingerprint density at radius 1 is 1.03 bits per heavy atom. The van der Waals surface area contributed by atoms with Gasteiger partial charge in [-0.25, -0.2) is 0 Å². The van der Waals surface area contributed by atoms with Gasteiger partial charge in [-0.15, -0.1) is 5.10 Å². The van der Waals surface area contributed by atoms with E-state index in [1.807, 2.05) is 0 Å². The first kappa shape index (κ1) is 20.2. The lowest BCUT2D eigenvalue weighted by molar-refractivity contribution is 0.102. The minimum atomic E-state index is -0.363. The fourth-order valence-electron chi connectivity index (χ4n) is 2.57. The Morgan fingerprint density at radius 2 is 1.79 bits per heavy atom. The Kier molecular flexibility index (Phi) is 6.67. The van der Waals surface area contributed by atoms with Gasteiger partial charge in [-0.2, -0.15) is 0 Å². The number of anilines is 1. The molecule has 29 heavy (non-hydrogen) atoms. The standard InChI is InChI=1S/C21H23N3O5/c1-4-5-12-28-15-8-6-14(7-9-15)19(25)22-21-24-23-20(29-21)17-13-16(26-2)10-11-18(17)27-3/h6-11,13H,4-5,12H2,1-3H3,(H,22,24,25). The Labute approximate surface area is 168 Å². The van der Waals surface area contributed by atoms with Crippen LogP contribution in [0.3, 0.4) is 0 Å². The van der Waals surface area contributed by atoms with Gasteiger partial charge >= 0.3 is 6.01 Å². The van der Waals surface area contributed by atoms with Crippen LogP contribution in [0.2, 0.25) is 0 Å². The molecule has 0 bridgehead atoms. The quantitative estimate of drug-likeness (QED) is 0.541. The number of unbranched alkanes of at least 4 members (excludes halogenated alkanes) is 1. The van der Waals surface area contributed by atoms with E-state index in [0.717, 1.165) is 18.6 Å². The van der Waals surface area contributed by atoms with E-state index in [9.17, 15) is 4.79 Å². The van der Waals surface area contributed by atoms with Gasteiger partial charge in [-0.3, -0.25) is 10.1 Å². The van der Waals surface area contributed by atoms with Crippen molar-refractivity contribution in [3.8, 4) is 28.7 Å². The summed E-state index contributed by atoms with van der Waals surface area (Å²) in [5.41, 5.74) is 1.01. The van der Waals surface area contributed by atoms with Crippen LogP contribution in [0, 0.1) is 0 Å². The molecular weight excluding hydrogens is 374 g/mol. The smallest absolute Gasteiger partial charge is 0.322 e. The number of amides is 1. The van der Waals surface area contributed by atoms with E-state index in [1.165, 1.54) is 0 Å². The second-order valence-corrected chi connectivity index (χ2v) is 6.16. The lowest BCUT2D eigenvalue weighted by atomic mass is 10.2. The number of methoxy groups -OCH3 is 2. The molecule has 2 aromatic carbocycles. The third-order valence-electron chi connectivity index (χ3n) is 4.17. The van der Waals surface area contributed by atoms with Crippen LogP contribution in [0.15, 0.2) is 46.9 Å². The molecule has 3 rings (SSSR count). The highest BCUT2D eigenvalue weighted by molar-refractivity contribution is 6.03. The molecule has 1 amide bonds. The van der Waals surface area contributed by atoms with Gasteiger partial charge in [-0.05, 0) is 48.9 Å². The zero-order valence-electron chi connectivity index (χ0n) is 16.6. The Morgan fingerprint density at radius 3 is 2.48 bits per heavy atom. The summed E-state index contributed by atoms with van der Waals surface area (Å²) in [5.74, 6) is 1.73. The highest BCUT2D eigenvalue weighted by Crippen LogP contribution is 2.33. The van der Waals surface area contributed by atoms with E-state index in [1.54, 1.807) is 56.7 Å². The fraction of sp³-hybridized carbons (Fsp3) is 0.286. The summed E-state index contributed by atoms with van der Waals surface area (Å²) in [6, 6.07) is 12.1. The maximum absolute atomic E-state index is 12.4. The summed E-state index contributed by atoms with van der Waals surface area (Å²) < 4.78 is 21.7. The molecule has 152 valence electrons. The van der Waals surface area contributed by atoms with Gasteiger partial charge in [0, 0.05) is 5.56 Å². The van der Waals surface area contributed by atoms with Gasteiger partial charge in [0.05, 0.1) is 26.4 Å². The number of hydrogen-bond acceptors (Lipinski definition) is 7. The molecule has 0 atom stereocenters. The van der Waals surface area contributed by atoms with Crippen LogP contribution in [0.5, 0.6) is 17.2 Å². The van der Waals surface area contributed by atoms with E-state index < -0.39 is 0 Å². The fourth-order valence-corrected chi connectivity index (χ4v) is 2.57. The van der Waals surface area contributed by atoms with Gasteiger partial charge in [0.25, 0.3) is 11.8 Å². The van der Waals surface area contributed by atoms with Crippen LogP contribution < -0.4 is 19.5 Å². The van der Waals surface area contributed by atoms with E-state index in [0.29, 0.717) is 29.2 Å². The number of carbonyl (C=O) groups is 1. The number of aromatic nitrogens is 2. The van der Waals surface area contributed by atoms with Gasteiger partial charge in [0.1, 0.15) is 17.2 Å². The number of carbonyl (C=O) groups excluding carboxylic acids is 1. The zero-order chi connectivity index (χ0) is 20.6. The number of rotatable bonds is 9. The van der Waals surface area contributed by atoms with Crippen LogP contribution in [-0.2, 0) is 0 Å². The number of nitrogens with zero attached hydrogens (tertiary/aromatic N) is 2. The monoisotopic (exact) mass is 397 g/mol. The average Bonchev–Trinajstić information content (AvgIpc) is 3.22. The van der Waals surface area contributed by atoms with Crippen LogP contribution in [0.4, 0.5) is 6.01 Å². The van der Waals surface area contributed by atoms with Crippen LogP contribution >= 0.6 is 0 Å². The maximum atomic E-state index is 12.4. The molecule has 0 radical (unpaired) electrons. The first-order valence-corrected chi connectivity index (χ1v) is 9.24. The number of hydrogen-bond donors (Lipinski definition) is 1. The molecule has 3 aromatic rings. The summed E-state index contributed by atoms with van der Waals surface area (Å²) in [6.07, 6.45) is 2.05. The van der Waals surface area contributed by atoms with Crippen LogP contribution in [0.1, 0.15) is 30.1 Å². The Bertz CT molecular complexity index is 953. The highest BCUT2D eigenvalue weighted by Gasteiger charge is 2.17. The number of ether oxygens (including phenoxy) is 3. The predicted molar refractivity (Wildman–Crippen MR) is 108 cm³/mol. The van der Waals surface area contributed by atoms with Gasteiger partial charge < -0.3 is 18.6 Å². The van der Waals surface area contributed by atoms with Crippen molar-refractivity contribution in [1.82, 2.24) is 10.2 Å².